The molecule has 152 valence electrons. The summed E-state index contributed by atoms with van der Waals surface area (Å²) in [5, 5.41) is 5.94. The molecule has 0 radical (unpaired) electrons. The number of carbonyl (C=O) groups excluding carboxylic acids is 2. The topological polar surface area (TPSA) is 70.7 Å². The van der Waals surface area contributed by atoms with Crippen molar-refractivity contribution in [2.45, 2.75) is 32.2 Å². The monoisotopic (exact) mass is 393 g/mol. The zero-order valence-electron chi connectivity index (χ0n) is 16.7. The van der Waals surface area contributed by atoms with E-state index < -0.39 is 0 Å². The van der Waals surface area contributed by atoms with Gasteiger partial charge in [-0.05, 0) is 73.8 Å². The summed E-state index contributed by atoms with van der Waals surface area (Å²) in [6.45, 7) is 2.73. The van der Waals surface area contributed by atoms with Gasteiger partial charge >= 0.3 is 0 Å². The number of hydrogen-bond acceptors (Lipinski definition) is 4. The summed E-state index contributed by atoms with van der Waals surface area (Å²) >= 11 is 0. The predicted octanol–water partition coefficient (Wildman–Crippen LogP) is 3.43. The van der Waals surface area contributed by atoms with E-state index in [1.165, 1.54) is 5.56 Å². The molecule has 0 atom stereocenters. The molecule has 0 bridgehead atoms. The quantitative estimate of drug-likeness (QED) is 0.817. The molecule has 2 heterocycles. The number of ether oxygens (including phenoxy) is 1. The molecule has 2 aliphatic heterocycles. The van der Waals surface area contributed by atoms with Crippen molar-refractivity contribution in [1.29, 1.82) is 0 Å². The SMILES string of the molecule is COc1ccc(CN2CCC(C(=O)Nc3ccc4c(c3)CCC(=O)N4)CC2)cc1. The van der Waals surface area contributed by atoms with Crippen LogP contribution in [-0.4, -0.2) is 36.9 Å². The highest BCUT2D eigenvalue weighted by Crippen LogP contribution is 2.27. The first-order valence-corrected chi connectivity index (χ1v) is 10.2. The lowest BCUT2D eigenvalue weighted by atomic mass is 9.95. The van der Waals surface area contributed by atoms with Crippen molar-refractivity contribution < 1.29 is 14.3 Å². The molecule has 0 aromatic heterocycles. The van der Waals surface area contributed by atoms with E-state index in [1.807, 2.05) is 30.3 Å². The maximum Gasteiger partial charge on any atom is 0.227 e. The Labute approximate surface area is 171 Å². The molecule has 2 aromatic rings. The van der Waals surface area contributed by atoms with E-state index in [2.05, 4.69) is 27.7 Å². The number of likely N-dealkylation sites (tertiary alicyclic amines) is 1. The molecule has 1 fully saturated rings. The van der Waals surface area contributed by atoms with Crippen molar-refractivity contribution in [3.63, 3.8) is 0 Å². The fourth-order valence-corrected chi connectivity index (χ4v) is 4.05. The molecular formula is C23H27N3O3. The van der Waals surface area contributed by atoms with Gasteiger partial charge in [-0.1, -0.05) is 12.1 Å². The fourth-order valence-electron chi connectivity index (χ4n) is 4.05. The number of rotatable bonds is 5. The third-order valence-corrected chi connectivity index (χ3v) is 5.79. The van der Waals surface area contributed by atoms with Gasteiger partial charge in [-0.25, -0.2) is 0 Å². The van der Waals surface area contributed by atoms with Crippen molar-refractivity contribution in [2.75, 3.05) is 30.8 Å². The summed E-state index contributed by atoms with van der Waals surface area (Å²) in [5.74, 6) is 1.05. The molecule has 0 saturated carbocycles. The summed E-state index contributed by atoms with van der Waals surface area (Å²) in [4.78, 5) is 26.6. The van der Waals surface area contributed by atoms with Gasteiger partial charge in [-0.15, -0.1) is 0 Å². The smallest absolute Gasteiger partial charge is 0.227 e. The molecule has 2 amide bonds. The van der Waals surface area contributed by atoms with Gasteiger partial charge in [-0.3, -0.25) is 14.5 Å². The highest BCUT2D eigenvalue weighted by Gasteiger charge is 2.25. The van der Waals surface area contributed by atoms with Crippen molar-refractivity contribution in [1.82, 2.24) is 4.90 Å². The zero-order chi connectivity index (χ0) is 20.2. The van der Waals surface area contributed by atoms with Crippen LogP contribution in [0.15, 0.2) is 42.5 Å². The Bertz CT molecular complexity index is 887. The summed E-state index contributed by atoms with van der Waals surface area (Å²) < 4.78 is 5.21. The second-order valence-corrected chi connectivity index (χ2v) is 7.81. The Kier molecular flexibility index (Phi) is 5.81. The number of carbonyl (C=O) groups is 2. The lowest BCUT2D eigenvalue weighted by Gasteiger charge is -2.31. The van der Waals surface area contributed by atoms with Crippen LogP contribution in [0, 0.1) is 5.92 Å². The van der Waals surface area contributed by atoms with Gasteiger partial charge in [-0.2, -0.15) is 0 Å². The van der Waals surface area contributed by atoms with Gasteiger partial charge in [0.25, 0.3) is 0 Å². The van der Waals surface area contributed by atoms with E-state index in [4.69, 9.17) is 4.74 Å². The van der Waals surface area contributed by atoms with Crippen LogP contribution in [-0.2, 0) is 22.6 Å². The summed E-state index contributed by atoms with van der Waals surface area (Å²) in [6.07, 6.45) is 2.94. The maximum absolute atomic E-state index is 12.7. The van der Waals surface area contributed by atoms with E-state index in [1.54, 1.807) is 7.11 Å². The van der Waals surface area contributed by atoms with Gasteiger partial charge in [0.15, 0.2) is 0 Å². The predicted molar refractivity (Wildman–Crippen MR) is 113 cm³/mol. The summed E-state index contributed by atoms with van der Waals surface area (Å²) in [6, 6.07) is 13.9. The number of benzene rings is 2. The van der Waals surface area contributed by atoms with Crippen LogP contribution in [0.25, 0.3) is 0 Å². The highest BCUT2D eigenvalue weighted by atomic mass is 16.5. The van der Waals surface area contributed by atoms with Crippen LogP contribution in [0.3, 0.4) is 0 Å². The van der Waals surface area contributed by atoms with Crippen LogP contribution in [0.4, 0.5) is 11.4 Å². The average Bonchev–Trinajstić information content (AvgIpc) is 2.75. The molecule has 0 unspecified atom stereocenters. The van der Waals surface area contributed by atoms with Gasteiger partial charge < -0.3 is 15.4 Å². The fraction of sp³-hybridized carbons (Fsp3) is 0.391. The first kappa shape index (κ1) is 19.5. The number of fused-ring (bicyclic) bond motifs is 1. The Morgan fingerprint density at radius 3 is 2.62 bits per heavy atom. The van der Waals surface area contributed by atoms with Crippen LogP contribution < -0.4 is 15.4 Å². The van der Waals surface area contributed by atoms with Crippen LogP contribution in [0.2, 0.25) is 0 Å². The standard InChI is InChI=1S/C23H27N3O3/c1-29-20-6-2-16(3-7-20)15-26-12-10-17(11-13-26)23(28)24-19-5-8-21-18(14-19)4-9-22(27)25-21/h2-3,5-8,14,17H,4,9-13,15H2,1H3,(H,24,28)(H,25,27). The molecule has 1 saturated heterocycles. The third-order valence-electron chi connectivity index (χ3n) is 5.79. The van der Waals surface area contributed by atoms with Crippen molar-refractivity contribution in [3.8, 4) is 5.75 Å². The minimum Gasteiger partial charge on any atom is -0.497 e. The Balaban J connectivity index is 1.28. The Morgan fingerprint density at radius 1 is 1.14 bits per heavy atom. The van der Waals surface area contributed by atoms with E-state index >= 15 is 0 Å². The Morgan fingerprint density at radius 2 is 1.90 bits per heavy atom. The Hall–Kier alpha value is -2.86. The van der Waals surface area contributed by atoms with Crippen molar-refractivity contribution in [3.05, 3.63) is 53.6 Å². The number of anilines is 2. The normalized spacial score (nSPS) is 17.3. The minimum absolute atomic E-state index is 0.0397. The number of hydrogen-bond donors (Lipinski definition) is 2. The van der Waals surface area contributed by atoms with E-state index in [9.17, 15) is 9.59 Å². The second-order valence-electron chi connectivity index (χ2n) is 7.81. The van der Waals surface area contributed by atoms with E-state index in [-0.39, 0.29) is 17.7 Å². The molecular weight excluding hydrogens is 366 g/mol. The number of methoxy groups -OCH3 is 1. The number of amides is 2. The molecule has 4 rings (SSSR count). The molecule has 6 nitrogen and oxygen atoms in total. The molecule has 2 N–H and O–H groups in total. The van der Waals surface area contributed by atoms with Crippen LogP contribution in [0.1, 0.15) is 30.4 Å². The third kappa shape index (κ3) is 4.77. The molecule has 2 aromatic carbocycles. The molecule has 2 aliphatic rings. The molecule has 0 aliphatic carbocycles. The number of piperidine rings is 1. The molecule has 29 heavy (non-hydrogen) atoms. The number of aryl methyl sites for hydroxylation is 1. The first-order chi connectivity index (χ1) is 14.1. The average molecular weight is 393 g/mol. The van der Waals surface area contributed by atoms with Gasteiger partial charge in [0.2, 0.25) is 11.8 Å². The minimum atomic E-state index is 0.0397. The van der Waals surface area contributed by atoms with Crippen molar-refractivity contribution >= 4 is 23.2 Å². The van der Waals surface area contributed by atoms with E-state index in [0.29, 0.717) is 12.8 Å². The summed E-state index contributed by atoms with van der Waals surface area (Å²) in [5.41, 5.74) is 4.00. The largest absolute Gasteiger partial charge is 0.497 e. The number of nitrogens with zero attached hydrogens (tertiary/aromatic N) is 1. The molecule has 0 spiro atoms. The van der Waals surface area contributed by atoms with Crippen LogP contribution in [0.5, 0.6) is 5.75 Å². The maximum atomic E-state index is 12.7. The zero-order valence-corrected chi connectivity index (χ0v) is 16.7. The van der Waals surface area contributed by atoms with Crippen molar-refractivity contribution in [2.24, 2.45) is 5.92 Å². The van der Waals surface area contributed by atoms with Gasteiger partial charge in [0, 0.05) is 30.3 Å². The van der Waals surface area contributed by atoms with Gasteiger partial charge in [0.05, 0.1) is 7.11 Å². The van der Waals surface area contributed by atoms with Gasteiger partial charge in [0.1, 0.15) is 5.75 Å². The summed E-state index contributed by atoms with van der Waals surface area (Å²) in [7, 11) is 1.67. The lowest BCUT2D eigenvalue weighted by Crippen LogP contribution is -2.37. The van der Waals surface area contributed by atoms with Crippen LogP contribution >= 0.6 is 0 Å². The first-order valence-electron chi connectivity index (χ1n) is 10.2. The second kappa shape index (κ2) is 8.66. The number of nitrogens with one attached hydrogen (secondary N) is 2. The van der Waals surface area contributed by atoms with E-state index in [0.717, 1.165) is 55.2 Å². The molecule has 6 heteroatoms. The lowest BCUT2D eigenvalue weighted by molar-refractivity contribution is -0.121. The highest BCUT2D eigenvalue weighted by molar-refractivity contribution is 5.96.